The number of para-hydroxylation sites is 1. The lowest BCUT2D eigenvalue weighted by Crippen LogP contribution is -2.55. The van der Waals surface area contributed by atoms with Crippen LogP contribution in [0.2, 0.25) is 0 Å². The maximum Gasteiger partial charge on any atom is 0.289 e. The predicted molar refractivity (Wildman–Crippen MR) is 140 cm³/mol. The molecule has 5 rings (SSSR count). The molecule has 1 saturated carbocycles. The van der Waals surface area contributed by atoms with Crippen LogP contribution in [0.4, 0.5) is 0 Å². The van der Waals surface area contributed by atoms with Crippen LogP contribution in [0.15, 0.2) is 30.3 Å². The second-order valence-corrected chi connectivity index (χ2v) is 11.1. The molecule has 2 aromatic rings. The van der Waals surface area contributed by atoms with Gasteiger partial charge in [-0.2, -0.15) is 0 Å². The van der Waals surface area contributed by atoms with Gasteiger partial charge in [0.2, 0.25) is 17.6 Å². The van der Waals surface area contributed by atoms with E-state index in [-0.39, 0.29) is 36.1 Å². The molecule has 0 radical (unpaired) electrons. The molecular weight excluding hydrogens is 486 g/mol. The van der Waals surface area contributed by atoms with Gasteiger partial charge in [-0.05, 0) is 63.5 Å². The fourth-order valence-corrected chi connectivity index (χ4v) is 6.33. The number of nitrogens with one attached hydrogen (secondary N) is 4. The molecule has 4 N–H and O–H groups in total. The molecule has 202 valence electrons. The number of Topliss-reactive ketones (excluding diaryl/α,β-unsaturated/α-hetero) is 1. The maximum atomic E-state index is 13.8. The maximum absolute atomic E-state index is 13.8. The van der Waals surface area contributed by atoms with Gasteiger partial charge in [0.1, 0.15) is 11.7 Å². The molecule has 1 aromatic heterocycles. The molecule has 5 atom stereocenters. The standard InChI is InChI=1S/C28H35N5O5/c1-15(2)30-27(37)24(34)21(13-17-10-11-29-25(17)35)32-26(36)23-19-8-5-7-18(19)14-33(23)28(38)22-12-16-6-3-4-9-20(16)31-22/h3-4,6,9,12,15,17-19,21,23,31H,5,7-8,10-11,13-14H2,1-2H3,(H,29,35)(H,30,37)(H,32,36). The Hall–Kier alpha value is -3.69. The Morgan fingerprint density at radius 1 is 1.08 bits per heavy atom. The lowest BCUT2D eigenvalue weighted by molar-refractivity contribution is -0.141. The number of hydrogen-bond acceptors (Lipinski definition) is 5. The summed E-state index contributed by atoms with van der Waals surface area (Å²) < 4.78 is 0. The molecule has 1 aromatic carbocycles. The van der Waals surface area contributed by atoms with Crippen molar-refractivity contribution in [3.05, 3.63) is 36.0 Å². The number of ketones is 1. The quantitative estimate of drug-likeness (QED) is 0.390. The summed E-state index contributed by atoms with van der Waals surface area (Å²) in [7, 11) is 0. The van der Waals surface area contributed by atoms with Crippen LogP contribution in [-0.2, 0) is 19.2 Å². The highest BCUT2D eigenvalue weighted by Crippen LogP contribution is 2.43. The minimum absolute atomic E-state index is 0.0154. The fourth-order valence-electron chi connectivity index (χ4n) is 6.33. The SMILES string of the molecule is CC(C)NC(=O)C(=O)C(CC1CCNC1=O)NC(=O)C1C2CCCC2CN1C(=O)c1cc2ccccc2[nH]1. The predicted octanol–water partition coefficient (Wildman–Crippen LogP) is 1.51. The first kappa shape index (κ1) is 25.9. The highest BCUT2D eigenvalue weighted by molar-refractivity contribution is 6.38. The smallest absolute Gasteiger partial charge is 0.289 e. The molecular formula is C28H35N5O5. The van der Waals surface area contributed by atoms with Gasteiger partial charge in [0.05, 0.1) is 6.04 Å². The van der Waals surface area contributed by atoms with Crippen molar-refractivity contribution >= 4 is 40.3 Å². The van der Waals surface area contributed by atoms with E-state index >= 15 is 0 Å². The van der Waals surface area contributed by atoms with Gasteiger partial charge in [0.25, 0.3) is 11.8 Å². The number of aromatic amines is 1. The van der Waals surface area contributed by atoms with E-state index in [1.54, 1.807) is 24.8 Å². The Bertz CT molecular complexity index is 1240. The number of carbonyl (C=O) groups excluding carboxylic acids is 5. The normalized spacial score (nSPS) is 25.3. The Kier molecular flexibility index (Phi) is 7.23. The number of aromatic nitrogens is 1. The van der Waals surface area contributed by atoms with Crippen molar-refractivity contribution in [1.82, 2.24) is 25.8 Å². The largest absolute Gasteiger partial charge is 0.356 e. The number of H-pyrrole nitrogens is 1. The molecule has 3 heterocycles. The summed E-state index contributed by atoms with van der Waals surface area (Å²) in [5.41, 5.74) is 1.25. The summed E-state index contributed by atoms with van der Waals surface area (Å²) in [6, 6.07) is 7.25. The average molecular weight is 522 g/mol. The molecule has 4 amide bonds. The molecule has 3 fully saturated rings. The Morgan fingerprint density at radius 3 is 2.58 bits per heavy atom. The van der Waals surface area contributed by atoms with E-state index < -0.39 is 35.6 Å². The van der Waals surface area contributed by atoms with Crippen LogP contribution in [0.3, 0.4) is 0 Å². The van der Waals surface area contributed by atoms with Crippen molar-refractivity contribution < 1.29 is 24.0 Å². The van der Waals surface area contributed by atoms with Crippen LogP contribution in [0.1, 0.15) is 56.4 Å². The first-order valence-corrected chi connectivity index (χ1v) is 13.5. The zero-order chi connectivity index (χ0) is 27.0. The van der Waals surface area contributed by atoms with Crippen LogP contribution < -0.4 is 16.0 Å². The third-order valence-electron chi connectivity index (χ3n) is 8.14. The molecule has 38 heavy (non-hydrogen) atoms. The first-order valence-electron chi connectivity index (χ1n) is 13.5. The van der Waals surface area contributed by atoms with Crippen molar-refractivity contribution in [1.29, 1.82) is 0 Å². The van der Waals surface area contributed by atoms with Gasteiger partial charge in [-0.3, -0.25) is 24.0 Å². The van der Waals surface area contributed by atoms with Crippen LogP contribution in [0, 0.1) is 17.8 Å². The molecule has 1 aliphatic carbocycles. The second kappa shape index (κ2) is 10.6. The summed E-state index contributed by atoms with van der Waals surface area (Å²) in [6.45, 7) is 4.45. The molecule has 0 bridgehead atoms. The number of carbonyl (C=O) groups is 5. The highest BCUT2D eigenvalue weighted by Gasteiger charge is 2.50. The molecule has 3 aliphatic rings. The number of fused-ring (bicyclic) bond motifs is 2. The van der Waals surface area contributed by atoms with E-state index in [1.165, 1.54) is 0 Å². The zero-order valence-corrected chi connectivity index (χ0v) is 21.8. The number of likely N-dealkylation sites (tertiary alicyclic amines) is 1. The fraction of sp³-hybridized carbons (Fsp3) is 0.536. The number of benzene rings is 1. The summed E-state index contributed by atoms with van der Waals surface area (Å²) in [5.74, 6) is -2.74. The zero-order valence-electron chi connectivity index (χ0n) is 21.8. The molecule has 2 saturated heterocycles. The summed E-state index contributed by atoms with van der Waals surface area (Å²) in [4.78, 5) is 70.3. The van der Waals surface area contributed by atoms with Gasteiger partial charge in [-0.25, -0.2) is 0 Å². The number of amides is 4. The Labute approximate surface area is 221 Å². The lowest BCUT2D eigenvalue weighted by atomic mass is 9.91. The third-order valence-corrected chi connectivity index (χ3v) is 8.14. The van der Waals surface area contributed by atoms with Crippen LogP contribution in [-0.4, -0.2) is 70.5 Å². The molecule has 10 heteroatoms. The molecule has 5 unspecified atom stereocenters. The minimum atomic E-state index is -1.15. The van der Waals surface area contributed by atoms with E-state index in [9.17, 15) is 24.0 Å². The number of rotatable bonds is 8. The van der Waals surface area contributed by atoms with Gasteiger partial charge in [-0.15, -0.1) is 0 Å². The molecule has 0 spiro atoms. The number of hydrogen-bond donors (Lipinski definition) is 4. The van der Waals surface area contributed by atoms with Gasteiger partial charge in [0, 0.05) is 36.0 Å². The monoisotopic (exact) mass is 521 g/mol. The van der Waals surface area contributed by atoms with Crippen LogP contribution >= 0.6 is 0 Å². The molecule has 10 nitrogen and oxygen atoms in total. The van der Waals surface area contributed by atoms with E-state index in [0.29, 0.717) is 25.2 Å². The van der Waals surface area contributed by atoms with E-state index in [2.05, 4.69) is 20.9 Å². The van der Waals surface area contributed by atoms with Crippen molar-refractivity contribution in [3.8, 4) is 0 Å². The summed E-state index contributed by atoms with van der Waals surface area (Å²) in [6.07, 6.45) is 3.31. The summed E-state index contributed by atoms with van der Waals surface area (Å²) >= 11 is 0. The van der Waals surface area contributed by atoms with Gasteiger partial charge in [0.15, 0.2) is 0 Å². The lowest BCUT2D eigenvalue weighted by Gasteiger charge is -2.29. The Morgan fingerprint density at radius 2 is 1.87 bits per heavy atom. The molecule has 2 aliphatic heterocycles. The van der Waals surface area contributed by atoms with E-state index in [1.807, 2.05) is 24.3 Å². The van der Waals surface area contributed by atoms with Crippen LogP contribution in [0.25, 0.3) is 10.9 Å². The topological polar surface area (TPSA) is 140 Å². The van der Waals surface area contributed by atoms with Crippen molar-refractivity contribution in [3.63, 3.8) is 0 Å². The van der Waals surface area contributed by atoms with Gasteiger partial charge < -0.3 is 25.8 Å². The Balaban J connectivity index is 1.39. The van der Waals surface area contributed by atoms with Gasteiger partial charge in [-0.1, -0.05) is 24.6 Å². The first-order chi connectivity index (χ1) is 18.2. The summed E-state index contributed by atoms with van der Waals surface area (Å²) in [5, 5.41) is 9.05. The van der Waals surface area contributed by atoms with Crippen molar-refractivity contribution in [2.45, 2.75) is 64.1 Å². The second-order valence-electron chi connectivity index (χ2n) is 11.1. The average Bonchev–Trinajstić information content (AvgIpc) is 3.66. The van der Waals surface area contributed by atoms with E-state index in [0.717, 1.165) is 30.2 Å². The highest BCUT2D eigenvalue weighted by atomic mass is 16.2. The van der Waals surface area contributed by atoms with Crippen molar-refractivity contribution in [2.24, 2.45) is 17.8 Å². The van der Waals surface area contributed by atoms with Crippen LogP contribution in [0.5, 0.6) is 0 Å². The van der Waals surface area contributed by atoms with Gasteiger partial charge >= 0.3 is 0 Å². The minimum Gasteiger partial charge on any atom is -0.356 e. The van der Waals surface area contributed by atoms with Crippen molar-refractivity contribution in [2.75, 3.05) is 13.1 Å². The third kappa shape index (κ3) is 5.04. The number of nitrogens with zero attached hydrogens (tertiary/aromatic N) is 1. The van der Waals surface area contributed by atoms with E-state index in [4.69, 9.17) is 0 Å².